The fourth-order valence-corrected chi connectivity index (χ4v) is 4.08. The van der Waals surface area contributed by atoms with Gasteiger partial charge in [0.25, 0.3) is 11.7 Å². The van der Waals surface area contributed by atoms with Gasteiger partial charge in [-0.1, -0.05) is 23.7 Å². The Hall–Kier alpha value is -3.23. The smallest absolute Gasteiger partial charge is 0.295 e. The van der Waals surface area contributed by atoms with Crippen molar-refractivity contribution in [1.29, 1.82) is 0 Å². The normalized spacial score (nSPS) is 17.4. The second-order valence-corrected chi connectivity index (χ2v) is 7.71. The maximum atomic E-state index is 13.1. The maximum absolute atomic E-state index is 13.1. The molecule has 2 aromatic rings. The molecule has 2 aromatic carbocycles. The van der Waals surface area contributed by atoms with Crippen molar-refractivity contribution < 1.29 is 33.6 Å². The minimum atomic E-state index is -0.831. The summed E-state index contributed by atoms with van der Waals surface area (Å²) in [6, 6.07) is 9.13. The van der Waals surface area contributed by atoms with E-state index in [0.29, 0.717) is 30.1 Å². The van der Waals surface area contributed by atoms with Crippen LogP contribution in [0, 0.1) is 0 Å². The summed E-state index contributed by atoms with van der Waals surface area (Å²) in [6.07, 6.45) is 0.516. The highest BCUT2D eigenvalue weighted by atomic mass is 35.5. The molecule has 1 saturated heterocycles. The van der Waals surface area contributed by atoms with Crippen molar-refractivity contribution in [3.05, 3.63) is 58.1 Å². The number of rotatable bonds is 9. The predicted molar refractivity (Wildman–Crippen MR) is 123 cm³/mol. The van der Waals surface area contributed by atoms with Gasteiger partial charge in [-0.05, 0) is 30.2 Å². The van der Waals surface area contributed by atoms with Crippen molar-refractivity contribution in [2.24, 2.45) is 0 Å². The van der Waals surface area contributed by atoms with Crippen LogP contribution in [0.4, 0.5) is 0 Å². The van der Waals surface area contributed by atoms with Gasteiger partial charge in [-0.25, -0.2) is 0 Å². The number of carbonyl (C=O) groups excluding carboxylic acids is 2. The number of halogens is 1. The molecule has 0 bridgehead atoms. The summed E-state index contributed by atoms with van der Waals surface area (Å²) in [7, 11) is 5.96. The van der Waals surface area contributed by atoms with E-state index in [1.165, 1.54) is 38.4 Å². The molecule has 1 atom stereocenters. The average molecular weight is 476 g/mol. The van der Waals surface area contributed by atoms with Gasteiger partial charge in [-0.3, -0.25) is 9.59 Å². The molecular formula is C24H26ClNO7. The molecule has 1 amide bonds. The monoisotopic (exact) mass is 475 g/mol. The zero-order valence-corrected chi connectivity index (χ0v) is 19.6. The van der Waals surface area contributed by atoms with Gasteiger partial charge in [0.15, 0.2) is 0 Å². The van der Waals surface area contributed by atoms with Gasteiger partial charge in [0.2, 0.25) is 0 Å². The first kappa shape index (κ1) is 24.4. The molecule has 1 heterocycles. The largest absolute Gasteiger partial charge is 0.507 e. The molecule has 1 fully saturated rings. The summed E-state index contributed by atoms with van der Waals surface area (Å²) < 4.78 is 21.0. The number of amides is 1. The molecule has 1 N–H and O–H groups in total. The van der Waals surface area contributed by atoms with Crippen molar-refractivity contribution in [2.75, 3.05) is 41.6 Å². The van der Waals surface area contributed by atoms with Gasteiger partial charge < -0.3 is 29.0 Å². The van der Waals surface area contributed by atoms with Gasteiger partial charge in [0.1, 0.15) is 23.0 Å². The van der Waals surface area contributed by atoms with Crippen LogP contribution in [-0.2, 0) is 14.3 Å². The van der Waals surface area contributed by atoms with E-state index in [4.69, 9.17) is 30.5 Å². The molecule has 8 nitrogen and oxygen atoms in total. The van der Waals surface area contributed by atoms with E-state index in [9.17, 15) is 14.7 Å². The van der Waals surface area contributed by atoms with Gasteiger partial charge in [0.05, 0.1) is 43.5 Å². The maximum Gasteiger partial charge on any atom is 0.295 e. The highest BCUT2D eigenvalue weighted by Crippen LogP contribution is 2.43. The lowest BCUT2D eigenvalue weighted by atomic mass is 9.94. The Bertz CT molecular complexity index is 1080. The van der Waals surface area contributed by atoms with Gasteiger partial charge >= 0.3 is 0 Å². The molecule has 3 rings (SSSR count). The first-order valence-corrected chi connectivity index (χ1v) is 10.6. The number of hydrogen-bond acceptors (Lipinski definition) is 7. The number of aliphatic hydroxyl groups is 1. The lowest BCUT2D eigenvalue weighted by Crippen LogP contribution is -2.31. The quantitative estimate of drug-likeness (QED) is 0.255. The molecule has 176 valence electrons. The van der Waals surface area contributed by atoms with E-state index >= 15 is 0 Å². The number of ether oxygens (including phenoxy) is 4. The number of methoxy groups -OCH3 is 4. The summed E-state index contributed by atoms with van der Waals surface area (Å²) >= 11 is 6.27. The summed E-state index contributed by atoms with van der Waals surface area (Å²) in [5, 5.41) is 11.5. The van der Waals surface area contributed by atoms with Crippen LogP contribution < -0.4 is 14.2 Å². The van der Waals surface area contributed by atoms with E-state index in [1.807, 2.05) is 0 Å². The predicted octanol–water partition coefficient (Wildman–Crippen LogP) is 3.82. The highest BCUT2D eigenvalue weighted by molar-refractivity contribution is 6.46. The second kappa shape index (κ2) is 10.6. The third-order valence-corrected chi connectivity index (χ3v) is 5.72. The molecule has 0 aromatic heterocycles. The number of aliphatic hydroxyl groups excluding tert-OH is 1. The zero-order valence-electron chi connectivity index (χ0n) is 18.9. The van der Waals surface area contributed by atoms with Crippen molar-refractivity contribution in [2.45, 2.75) is 12.5 Å². The minimum absolute atomic E-state index is 0.0646. The SMILES string of the molecule is COCCCN1C(=O)C(=O)/C(=C(/O)c2cc(Cl)c(OC)cc2OC)C1c1cccc(OC)c1. The van der Waals surface area contributed by atoms with E-state index in [1.54, 1.807) is 31.4 Å². The molecular weight excluding hydrogens is 450 g/mol. The lowest BCUT2D eigenvalue weighted by molar-refractivity contribution is -0.140. The van der Waals surface area contributed by atoms with Gasteiger partial charge in [0, 0.05) is 26.3 Å². The Balaban J connectivity index is 2.22. The van der Waals surface area contributed by atoms with Crippen LogP contribution in [-0.4, -0.2) is 63.3 Å². The van der Waals surface area contributed by atoms with Crippen LogP contribution in [0.3, 0.4) is 0 Å². The van der Waals surface area contributed by atoms with Crippen LogP contribution in [0.15, 0.2) is 42.0 Å². The van der Waals surface area contributed by atoms with Crippen molar-refractivity contribution >= 4 is 29.1 Å². The Labute approximate surface area is 197 Å². The number of carbonyl (C=O) groups is 2. The molecule has 9 heteroatoms. The molecule has 1 unspecified atom stereocenters. The molecule has 0 spiro atoms. The summed E-state index contributed by atoms with van der Waals surface area (Å²) in [5.41, 5.74) is 0.724. The zero-order chi connectivity index (χ0) is 24.1. The fourth-order valence-electron chi connectivity index (χ4n) is 3.84. The number of benzene rings is 2. The lowest BCUT2D eigenvalue weighted by Gasteiger charge is -2.25. The molecule has 1 aliphatic rings. The molecule has 1 aliphatic heterocycles. The van der Waals surface area contributed by atoms with Crippen LogP contribution in [0.2, 0.25) is 5.02 Å². The van der Waals surface area contributed by atoms with E-state index in [2.05, 4.69) is 0 Å². The summed E-state index contributed by atoms with van der Waals surface area (Å²) in [5.74, 6) is -0.763. The van der Waals surface area contributed by atoms with Gasteiger partial charge in [-0.15, -0.1) is 0 Å². The summed E-state index contributed by atoms with van der Waals surface area (Å²) in [6.45, 7) is 0.674. The molecule has 33 heavy (non-hydrogen) atoms. The number of hydrogen-bond donors (Lipinski definition) is 1. The highest BCUT2D eigenvalue weighted by Gasteiger charge is 2.46. The third-order valence-electron chi connectivity index (χ3n) is 5.43. The van der Waals surface area contributed by atoms with Crippen LogP contribution >= 0.6 is 11.6 Å². The number of ketones is 1. The molecule has 0 saturated carbocycles. The third kappa shape index (κ3) is 4.77. The topological polar surface area (TPSA) is 94.5 Å². The van der Waals surface area contributed by atoms with Crippen molar-refractivity contribution in [1.82, 2.24) is 4.90 Å². The summed E-state index contributed by atoms with van der Waals surface area (Å²) in [4.78, 5) is 27.6. The number of nitrogens with zero attached hydrogens (tertiary/aromatic N) is 1. The van der Waals surface area contributed by atoms with Crippen molar-refractivity contribution in [3.8, 4) is 17.2 Å². The van der Waals surface area contributed by atoms with E-state index in [0.717, 1.165) is 0 Å². The standard InChI is InChI=1S/C24H26ClNO7/c1-30-10-6-9-26-21(14-7-5-8-15(11-14)31-2)20(23(28)24(26)29)22(27)16-12-17(25)19(33-4)13-18(16)32-3/h5,7-8,11-13,21,27H,6,9-10H2,1-4H3/b22-20+. The van der Waals surface area contributed by atoms with E-state index < -0.39 is 23.5 Å². The van der Waals surface area contributed by atoms with Crippen LogP contribution in [0.5, 0.6) is 17.2 Å². The fraction of sp³-hybridized carbons (Fsp3) is 0.333. The Morgan fingerprint density at radius 3 is 2.39 bits per heavy atom. The van der Waals surface area contributed by atoms with E-state index in [-0.39, 0.29) is 28.5 Å². The first-order chi connectivity index (χ1) is 15.9. The van der Waals surface area contributed by atoms with Gasteiger partial charge in [-0.2, -0.15) is 0 Å². The van der Waals surface area contributed by atoms with Crippen molar-refractivity contribution in [3.63, 3.8) is 0 Å². The van der Waals surface area contributed by atoms with Crippen LogP contribution in [0.1, 0.15) is 23.6 Å². The average Bonchev–Trinajstić information content (AvgIpc) is 3.08. The Kier molecular flexibility index (Phi) is 7.84. The minimum Gasteiger partial charge on any atom is -0.507 e. The molecule has 0 aliphatic carbocycles. The molecule has 0 radical (unpaired) electrons. The van der Waals surface area contributed by atoms with Crippen LogP contribution in [0.25, 0.3) is 5.76 Å². The second-order valence-electron chi connectivity index (χ2n) is 7.30. The first-order valence-electron chi connectivity index (χ1n) is 10.2. The Morgan fingerprint density at radius 2 is 1.76 bits per heavy atom. The number of likely N-dealkylation sites (tertiary alicyclic amines) is 1. The number of Topliss-reactive ketones (excluding diaryl/α,β-unsaturated/α-hetero) is 1. The Morgan fingerprint density at radius 1 is 1.03 bits per heavy atom.